The van der Waals surface area contributed by atoms with Crippen molar-refractivity contribution in [2.75, 3.05) is 4.90 Å². The van der Waals surface area contributed by atoms with Crippen LogP contribution in [0.15, 0.2) is 279 Å². The van der Waals surface area contributed by atoms with Gasteiger partial charge >= 0.3 is 0 Å². The molecular weight excluding hydrogens is 833 g/mol. The average Bonchev–Trinajstić information content (AvgIpc) is 3.93. The van der Waals surface area contributed by atoms with Crippen LogP contribution in [0.5, 0.6) is 0 Å². The quantitative estimate of drug-likeness (QED) is 0.140. The van der Waals surface area contributed by atoms with Crippen molar-refractivity contribution in [1.82, 2.24) is 4.57 Å². The van der Waals surface area contributed by atoms with Gasteiger partial charge in [0, 0.05) is 33.5 Å². The van der Waals surface area contributed by atoms with Crippen molar-refractivity contribution < 1.29 is 0 Å². The van der Waals surface area contributed by atoms with Crippen molar-refractivity contribution in [3.63, 3.8) is 0 Å². The van der Waals surface area contributed by atoms with Gasteiger partial charge < -0.3 is 9.47 Å². The van der Waals surface area contributed by atoms with Crippen LogP contribution in [0.4, 0.5) is 17.1 Å². The first kappa shape index (κ1) is 40.3. The summed E-state index contributed by atoms with van der Waals surface area (Å²) in [7, 11) is 0. The number of hydrogen-bond donors (Lipinski definition) is 0. The van der Waals surface area contributed by atoms with Crippen LogP contribution in [0.1, 0.15) is 22.3 Å². The summed E-state index contributed by atoms with van der Waals surface area (Å²) in [5.74, 6) is 0. The molecular formula is C67H46N2. The van der Waals surface area contributed by atoms with Gasteiger partial charge in [0.05, 0.1) is 16.4 Å². The smallest absolute Gasteiger partial charge is 0.0713 e. The highest BCUT2D eigenvalue weighted by atomic mass is 15.1. The maximum Gasteiger partial charge on any atom is 0.0713 e. The van der Waals surface area contributed by atoms with Gasteiger partial charge in [0.25, 0.3) is 0 Å². The molecule has 0 bridgehead atoms. The van der Waals surface area contributed by atoms with E-state index in [1.165, 1.54) is 83.0 Å². The zero-order valence-electron chi connectivity index (χ0n) is 38.0. The summed E-state index contributed by atoms with van der Waals surface area (Å²) in [6.07, 6.45) is 0. The zero-order chi connectivity index (χ0) is 45.7. The lowest BCUT2D eigenvalue weighted by Crippen LogP contribution is -2.28. The highest BCUT2D eigenvalue weighted by Crippen LogP contribution is 2.56. The molecule has 0 unspecified atom stereocenters. The van der Waals surface area contributed by atoms with E-state index in [0.29, 0.717) is 0 Å². The van der Waals surface area contributed by atoms with Gasteiger partial charge in [-0.1, -0.05) is 206 Å². The fourth-order valence-corrected chi connectivity index (χ4v) is 11.2. The van der Waals surface area contributed by atoms with Gasteiger partial charge in [-0.15, -0.1) is 0 Å². The number of anilines is 3. The summed E-state index contributed by atoms with van der Waals surface area (Å²) in [5.41, 5.74) is 21.0. The molecule has 1 heterocycles. The van der Waals surface area contributed by atoms with Crippen molar-refractivity contribution >= 4 is 38.9 Å². The number of nitrogens with zero attached hydrogens (tertiary/aromatic N) is 2. The Balaban J connectivity index is 0.974. The molecule has 324 valence electrons. The monoisotopic (exact) mass is 878 g/mol. The molecule has 11 aromatic carbocycles. The molecule has 0 amide bonds. The fraction of sp³-hybridized carbons (Fsp3) is 0.0149. The zero-order valence-corrected chi connectivity index (χ0v) is 38.0. The number of aromatic nitrogens is 1. The third kappa shape index (κ3) is 6.72. The Morgan fingerprint density at radius 1 is 0.275 bits per heavy atom. The van der Waals surface area contributed by atoms with E-state index >= 15 is 0 Å². The van der Waals surface area contributed by atoms with Crippen LogP contribution in [0, 0.1) is 0 Å². The minimum Gasteiger partial charge on any atom is -0.310 e. The molecule has 1 aliphatic carbocycles. The van der Waals surface area contributed by atoms with Crippen LogP contribution in [0.2, 0.25) is 0 Å². The molecule has 2 nitrogen and oxygen atoms in total. The van der Waals surface area contributed by atoms with Gasteiger partial charge in [-0.25, -0.2) is 0 Å². The minimum absolute atomic E-state index is 0.483. The number of rotatable bonds is 9. The standard InChI is InChI=1S/C67H46N2/c1-4-19-47(20-5-1)50-43-51(48-21-6-2-7-22-48)45-52(44-50)49-35-39-55(40-36-49)68(57-25-18-26-58(46-57)69-65-33-16-12-29-61(65)62-30-13-17-34-66(62)69)56-41-37-54(38-42-56)67(53-23-8-3-9-24-53)63-31-14-10-27-59(63)60-28-11-15-32-64(60)67/h1-46H. The molecule has 0 aliphatic heterocycles. The van der Waals surface area contributed by atoms with E-state index in [2.05, 4.69) is 289 Å². The molecule has 0 atom stereocenters. The lowest BCUT2D eigenvalue weighted by atomic mass is 9.68. The van der Waals surface area contributed by atoms with Crippen LogP contribution in [-0.2, 0) is 5.41 Å². The minimum atomic E-state index is -0.483. The largest absolute Gasteiger partial charge is 0.310 e. The van der Waals surface area contributed by atoms with Crippen molar-refractivity contribution in [1.29, 1.82) is 0 Å². The molecule has 0 radical (unpaired) electrons. The van der Waals surface area contributed by atoms with Gasteiger partial charge in [0.15, 0.2) is 0 Å². The second kappa shape index (κ2) is 16.7. The summed E-state index contributed by atoms with van der Waals surface area (Å²) < 4.78 is 2.40. The molecule has 12 aromatic rings. The predicted molar refractivity (Wildman–Crippen MR) is 289 cm³/mol. The van der Waals surface area contributed by atoms with E-state index in [1.807, 2.05) is 0 Å². The van der Waals surface area contributed by atoms with Crippen LogP contribution in [0.3, 0.4) is 0 Å². The van der Waals surface area contributed by atoms with E-state index in [4.69, 9.17) is 0 Å². The summed E-state index contributed by atoms with van der Waals surface area (Å²) in [5, 5.41) is 2.49. The summed E-state index contributed by atoms with van der Waals surface area (Å²) in [6.45, 7) is 0. The lowest BCUT2D eigenvalue weighted by molar-refractivity contribution is 0.768. The number of benzene rings is 11. The summed E-state index contributed by atoms with van der Waals surface area (Å²) in [6, 6.07) is 102. The Morgan fingerprint density at radius 3 is 1.23 bits per heavy atom. The second-order valence-electron chi connectivity index (χ2n) is 18.1. The van der Waals surface area contributed by atoms with E-state index in [-0.39, 0.29) is 0 Å². The van der Waals surface area contributed by atoms with Crippen molar-refractivity contribution in [3.8, 4) is 50.2 Å². The first-order valence-corrected chi connectivity index (χ1v) is 23.8. The molecule has 1 aromatic heterocycles. The molecule has 0 N–H and O–H groups in total. The van der Waals surface area contributed by atoms with Crippen LogP contribution >= 0.6 is 0 Å². The average molecular weight is 879 g/mol. The second-order valence-corrected chi connectivity index (χ2v) is 18.1. The van der Waals surface area contributed by atoms with Crippen LogP contribution in [0.25, 0.3) is 72.0 Å². The number of fused-ring (bicyclic) bond motifs is 6. The van der Waals surface area contributed by atoms with E-state index in [1.54, 1.807) is 0 Å². The Bertz CT molecular complexity index is 3660. The van der Waals surface area contributed by atoms with Crippen molar-refractivity contribution in [3.05, 3.63) is 301 Å². The van der Waals surface area contributed by atoms with Gasteiger partial charge in [-0.2, -0.15) is 0 Å². The molecule has 0 spiro atoms. The van der Waals surface area contributed by atoms with E-state index < -0.39 is 5.41 Å². The van der Waals surface area contributed by atoms with Crippen LogP contribution in [-0.4, -0.2) is 4.57 Å². The van der Waals surface area contributed by atoms with Crippen LogP contribution < -0.4 is 4.90 Å². The first-order chi connectivity index (χ1) is 34.2. The molecule has 1 aliphatic rings. The number of para-hydroxylation sites is 2. The SMILES string of the molecule is c1ccc(-c2cc(-c3ccccc3)cc(-c3ccc(N(c4ccc(C5(c6ccccc6)c6ccccc6-c6ccccc65)cc4)c4cccc(-n5c6ccccc6c6ccccc65)c4)cc3)c2)cc1. The third-order valence-electron chi connectivity index (χ3n) is 14.2. The lowest BCUT2D eigenvalue weighted by Gasteiger charge is -2.34. The normalized spacial score (nSPS) is 12.5. The van der Waals surface area contributed by atoms with Crippen molar-refractivity contribution in [2.24, 2.45) is 0 Å². The van der Waals surface area contributed by atoms with Gasteiger partial charge in [-0.05, 0) is 140 Å². The third-order valence-corrected chi connectivity index (χ3v) is 14.2. The summed E-state index contributed by atoms with van der Waals surface area (Å²) in [4.78, 5) is 2.41. The summed E-state index contributed by atoms with van der Waals surface area (Å²) >= 11 is 0. The van der Waals surface area contributed by atoms with Gasteiger partial charge in [0.1, 0.15) is 0 Å². The molecule has 13 rings (SSSR count). The molecule has 69 heavy (non-hydrogen) atoms. The Hall–Kier alpha value is -8.98. The highest BCUT2D eigenvalue weighted by molar-refractivity contribution is 6.09. The Morgan fingerprint density at radius 2 is 0.696 bits per heavy atom. The predicted octanol–water partition coefficient (Wildman–Crippen LogP) is 17.6. The Kier molecular flexibility index (Phi) is 9.77. The van der Waals surface area contributed by atoms with Gasteiger partial charge in [-0.3, -0.25) is 0 Å². The first-order valence-electron chi connectivity index (χ1n) is 23.8. The van der Waals surface area contributed by atoms with Gasteiger partial charge in [0.2, 0.25) is 0 Å². The highest BCUT2D eigenvalue weighted by Gasteiger charge is 2.45. The maximum atomic E-state index is 2.41. The fourth-order valence-electron chi connectivity index (χ4n) is 11.2. The molecule has 0 saturated carbocycles. The number of hydrogen-bond acceptors (Lipinski definition) is 1. The maximum absolute atomic E-state index is 2.41. The molecule has 0 saturated heterocycles. The van der Waals surface area contributed by atoms with E-state index in [9.17, 15) is 0 Å². The topological polar surface area (TPSA) is 8.17 Å². The van der Waals surface area contributed by atoms with Crippen molar-refractivity contribution in [2.45, 2.75) is 5.41 Å². The molecule has 0 fully saturated rings. The molecule has 2 heteroatoms. The Labute approximate surface area is 403 Å². The van der Waals surface area contributed by atoms with E-state index in [0.717, 1.165) is 28.3 Å².